The van der Waals surface area contributed by atoms with E-state index in [1.807, 2.05) is 0 Å². The van der Waals surface area contributed by atoms with E-state index in [4.69, 9.17) is 52.1 Å². The van der Waals surface area contributed by atoms with Gasteiger partial charge in [-0.25, -0.2) is 19.2 Å². The van der Waals surface area contributed by atoms with Gasteiger partial charge in [0.05, 0.1) is 6.10 Å². The molecule has 3 aliphatic rings. The second-order valence-electron chi connectivity index (χ2n) is 28.6. The number of aliphatic hydroxyl groups is 2. The van der Waals surface area contributed by atoms with Crippen molar-refractivity contribution >= 4 is 35.6 Å². The predicted octanol–water partition coefficient (Wildman–Crippen LogP) is 14.3. The molecule has 2 N–H and O–H groups in total. The summed E-state index contributed by atoms with van der Waals surface area (Å²) in [7, 11) is 2.33. The van der Waals surface area contributed by atoms with Crippen LogP contribution < -0.4 is 0 Å². The Balaban J connectivity index is 1.28. The number of aliphatic hydroxyl groups excluding tert-OH is 2. The highest BCUT2D eigenvalue weighted by atomic mass is 19.4. The number of esters is 5. The fraction of sp³-hybridized carbons (Fsp3) is 0.538. The first-order valence-corrected chi connectivity index (χ1v) is 34.6. The molecule has 109 heavy (non-hydrogen) atoms. The molecular weight excluding hydrogens is 1470 g/mol. The maximum absolute atomic E-state index is 15.7. The highest BCUT2D eigenvalue weighted by molar-refractivity contribution is 5.88. The number of alkyl halides is 12. The smallest absolute Gasteiger partial charge is 0.432 e. The predicted molar refractivity (Wildman–Crippen MR) is 364 cm³/mol. The fourth-order valence-corrected chi connectivity index (χ4v) is 15.0. The lowest BCUT2D eigenvalue weighted by Crippen LogP contribution is -2.64. The van der Waals surface area contributed by atoms with E-state index in [1.165, 1.54) is 61.5 Å². The monoisotopic (exact) mass is 1560 g/mol. The zero-order valence-electron chi connectivity index (χ0n) is 62.1. The molecule has 4 aromatic rings. The van der Waals surface area contributed by atoms with E-state index >= 15 is 52.7 Å². The normalized spacial score (nSPS) is 25.6. The summed E-state index contributed by atoms with van der Waals surface area (Å²) in [5, 5.41) is 24.1. The molecule has 1 saturated heterocycles. The molecule has 0 radical (unpaired) electrons. The van der Waals surface area contributed by atoms with Crippen molar-refractivity contribution in [2.24, 2.45) is 22.7 Å². The summed E-state index contributed by atoms with van der Waals surface area (Å²) in [6.45, 7) is 12.2. The minimum Gasteiger partial charge on any atom is -0.460 e. The summed E-state index contributed by atoms with van der Waals surface area (Å²) in [6.07, 6.45) is -36.3. The number of ketones is 1. The van der Waals surface area contributed by atoms with E-state index < -0.39 is 196 Å². The number of halogens is 12. The molecular formula is C78H90F12O19. The van der Waals surface area contributed by atoms with E-state index in [0.29, 0.717) is 39.6 Å². The number of rotatable bonds is 29. The Labute approximate surface area is 622 Å². The summed E-state index contributed by atoms with van der Waals surface area (Å²) in [6, 6.07) is 22.2. The van der Waals surface area contributed by atoms with E-state index in [1.54, 1.807) is 54.5 Å². The van der Waals surface area contributed by atoms with Crippen LogP contribution in [0.15, 0.2) is 156 Å². The maximum Gasteiger partial charge on any atom is 0.432 e. The zero-order chi connectivity index (χ0) is 81.5. The number of ether oxygens (including phenoxy) is 11. The fourth-order valence-electron chi connectivity index (χ4n) is 15.0. The molecule has 2 fully saturated rings. The number of hydrogen-bond donors (Lipinski definition) is 2. The molecule has 0 unspecified atom stereocenters. The molecule has 4 aromatic carbocycles. The number of carbonyl (C=O) groups is 6. The molecule has 1 aliphatic heterocycles. The molecule has 15 atom stereocenters. The van der Waals surface area contributed by atoms with Gasteiger partial charge in [-0.05, 0) is 82.8 Å². The van der Waals surface area contributed by atoms with Crippen LogP contribution in [0.3, 0.4) is 0 Å². The van der Waals surface area contributed by atoms with Gasteiger partial charge in [0, 0.05) is 81.8 Å². The van der Waals surface area contributed by atoms with Crippen LogP contribution in [0.1, 0.15) is 130 Å². The van der Waals surface area contributed by atoms with Crippen molar-refractivity contribution in [1.29, 1.82) is 0 Å². The van der Waals surface area contributed by atoms with Crippen molar-refractivity contribution in [2.45, 2.75) is 209 Å². The van der Waals surface area contributed by atoms with Gasteiger partial charge in [-0.1, -0.05) is 172 Å². The Morgan fingerprint density at radius 2 is 1.02 bits per heavy atom. The summed E-state index contributed by atoms with van der Waals surface area (Å²) in [5.74, 6) is -11.2. The highest BCUT2D eigenvalue weighted by Crippen LogP contribution is 2.54. The zero-order valence-corrected chi connectivity index (χ0v) is 62.1. The van der Waals surface area contributed by atoms with Gasteiger partial charge in [0.15, 0.2) is 12.4 Å². The maximum atomic E-state index is 15.7. The van der Waals surface area contributed by atoms with Gasteiger partial charge >= 0.3 is 54.6 Å². The van der Waals surface area contributed by atoms with Crippen LogP contribution in [0.25, 0.3) is 0 Å². The third kappa shape index (κ3) is 17.7. The second-order valence-corrected chi connectivity index (χ2v) is 28.6. The third-order valence-corrected chi connectivity index (χ3v) is 21.2. The minimum absolute atomic E-state index is 0.0156. The Morgan fingerprint density at radius 3 is 1.44 bits per heavy atom. The van der Waals surface area contributed by atoms with Crippen molar-refractivity contribution in [3.8, 4) is 0 Å². The number of allylic oxidation sites excluding steroid dienone is 3. The van der Waals surface area contributed by atoms with Crippen LogP contribution in [0, 0.1) is 22.7 Å². The Kier molecular flexibility index (Phi) is 27.7. The minimum atomic E-state index is -5.64. The molecule has 19 nitrogen and oxygen atoms in total. The number of methoxy groups -OCH3 is 4. The first-order chi connectivity index (χ1) is 50.7. The lowest BCUT2D eigenvalue weighted by molar-refractivity contribution is -0.336. The van der Waals surface area contributed by atoms with Crippen molar-refractivity contribution in [1.82, 2.24) is 0 Å². The van der Waals surface area contributed by atoms with Crippen LogP contribution in [0.2, 0.25) is 0 Å². The molecule has 31 heteroatoms. The van der Waals surface area contributed by atoms with Crippen molar-refractivity contribution in [3.05, 3.63) is 179 Å². The topological polar surface area (TPSA) is 244 Å². The van der Waals surface area contributed by atoms with Gasteiger partial charge < -0.3 is 62.3 Å². The average molecular weight is 1560 g/mol. The number of Topliss-reactive ketones (excluding diaryl/α,β-unsaturated/α-hetero) is 1. The Morgan fingerprint density at radius 1 is 0.596 bits per heavy atom. The molecule has 0 spiro atoms. The van der Waals surface area contributed by atoms with Crippen molar-refractivity contribution < 1.29 is 144 Å². The largest absolute Gasteiger partial charge is 0.460 e. The van der Waals surface area contributed by atoms with Crippen LogP contribution in [-0.2, 0) is 103 Å². The molecule has 1 heterocycles. The number of benzene rings is 4. The quantitative estimate of drug-likeness (QED) is 0.0222. The van der Waals surface area contributed by atoms with Gasteiger partial charge in [-0.3, -0.25) is 9.59 Å². The van der Waals surface area contributed by atoms with Crippen LogP contribution in [0.4, 0.5) is 52.7 Å². The Bertz CT molecular complexity index is 3900. The van der Waals surface area contributed by atoms with Crippen molar-refractivity contribution in [3.63, 3.8) is 0 Å². The lowest BCUT2D eigenvalue weighted by Gasteiger charge is -2.54. The summed E-state index contributed by atoms with van der Waals surface area (Å²) in [5.41, 5.74) is -21.7. The second kappa shape index (κ2) is 34.3. The van der Waals surface area contributed by atoms with Gasteiger partial charge in [0.2, 0.25) is 0 Å². The van der Waals surface area contributed by atoms with E-state index in [2.05, 4.69) is 0 Å². The lowest BCUT2D eigenvalue weighted by atomic mass is 9.58. The summed E-state index contributed by atoms with van der Waals surface area (Å²) >= 11 is 0. The molecule has 7 rings (SSSR count). The van der Waals surface area contributed by atoms with Crippen LogP contribution in [-0.4, -0.2) is 160 Å². The molecule has 600 valence electrons. The number of hydrogen-bond acceptors (Lipinski definition) is 19. The standard InChI is InChI=1S/C78H90F12O19/c1-45(34-37-53(104-65(96)72(100-11,76(82,83)84)50-28-20-15-21-29-50)42-47(3)55(43-54-46(2)36-39-58(92)68(54,5)6)106-66(97)73(101-12,77(85,86)87)51-30-22-16-23-31-51)35-38-57-69(7,8)59(40-41-70(57,9)109-48(4)91)107-63-61(94)62(108-67(98)74(102-13,78(88,89)90)52-32-24-17-25-33-52)60(93)56(105-63)44-103-64(95)71(99-10,75(79,80)81)49-26-18-14-19-27-49/h14-34,36,42,53-57,59-63,93-94H,35,37-41,43-44H2,1-13H3/b45-34+,47-42+/t53-,54-,55+,56-,57+,59+,60+,61-,62+,63+,70+,71+,72+,73+,74+/m1/s1. The molecule has 0 aromatic heterocycles. The van der Waals surface area contributed by atoms with Gasteiger partial charge in [0.1, 0.15) is 48.5 Å². The molecule has 2 aliphatic carbocycles. The number of carbonyl (C=O) groups excluding carboxylic acids is 6. The molecule has 1 saturated carbocycles. The van der Waals surface area contributed by atoms with Crippen LogP contribution in [0.5, 0.6) is 0 Å². The Hall–Kier alpha value is -8.04. The van der Waals surface area contributed by atoms with Crippen LogP contribution >= 0.6 is 0 Å². The van der Waals surface area contributed by atoms with Gasteiger partial charge in [-0.15, -0.1) is 0 Å². The average Bonchev–Trinajstić information content (AvgIpc) is 0.758. The summed E-state index contributed by atoms with van der Waals surface area (Å²) in [4.78, 5) is 84.0. The molecule has 0 bridgehead atoms. The van der Waals surface area contributed by atoms with Gasteiger partial charge in [0.25, 0.3) is 22.4 Å². The van der Waals surface area contributed by atoms with E-state index in [-0.39, 0.29) is 43.5 Å². The molecule has 0 amide bonds. The first kappa shape index (κ1) is 88.2. The first-order valence-electron chi connectivity index (χ1n) is 34.6. The summed E-state index contributed by atoms with van der Waals surface area (Å²) < 4.78 is 246. The third-order valence-electron chi connectivity index (χ3n) is 21.2. The van der Waals surface area contributed by atoms with Crippen molar-refractivity contribution in [2.75, 3.05) is 35.0 Å². The highest BCUT2D eigenvalue weighted by Gasteiger charge is 2.69. The SMILES string of the molecule is CO[C@](C(=O)OC[C@H]1O[C@@H](O[C@H]2CC[C@](C)(OC(C)=O)[C@@H](CC/C(C)=C/C[C@H](/C=C(\C)[C@H](C[C@@H]3C(C)=CCC(=O)C3(C)C)OC(=O)[C@@](OC)(c3ccccc3)C(F)(F)F)OC(=O)[C@@](OC)(c3ccccc3)C(F)(F)F)C2(C)C)[C@H](O)[C@@H](OC(=O)[C@@](OC)(c2ccccc2)C(F)(F)F)[C@H]1O)(c1ccccc1)C(F)(F)F. The van der Waals surface area contributed by atoms with E-state index in [0.717, 1.165) is 85.8 Å². The van der Waals surface area contributed by atoms with Gasteiger partial charge in [-0.2, -0.15) is 52.7 Å². The van der Waals surface area contributed by atoms with E-state index in [9.17, 15) is 39.0 Å².